The zero-order valence-corrected chi connectivity index (χ0v) is 21.1. The van der Waals surface area contributed by atoms with Crippen LogP contribution in [0.25, 0.3) is 10.9 Å². The lowest BCUT2D eigenvalue weighted by Crippen LogP contribution is -2.46. The summed E-state index contributed by atoms with van der Waals surface area (Å²) in [5.41, 5.74) is 3.73. The molecule has 1 fully saturated rings. The maximum atomic E-state index is 6.27. The number of aromatic nitrogens is 1. The highest BCUT2D eigenvalue weighted by Gasteiger charge is 2.20. The number of H-pyrrole nitrogens is 1. The molecule has 2 heterocycles. The van der Waals surface area contributed by atoms with E-state index < -0.39 is 0 Å². The molecule has 0 radical (unpaired) electrons. The highest BCUT2D eigenvalue weighted by molar-refractivity contribution is 9.10. The van der Waals surface area contributed by atoms with Gasteiger partial charge in [-0.3, -0.25) is 4.90 Å². The number of hydrogen-bond donors (Lipinski definition) is 1. The van der Waals surface area contributed by atoms with E-state index in [0.29, 0.717) is 0 Å². The van der Waals surface area contributed by atoms with Gasteiger partial charge in [0, 0.05) is 42.2 Å². The molecule has 5 rings (SSSR count). The molecule has 176 valence electrons. The van der Waals surface area contributed by atoms with Crippen LogP contribution in [-0.4, -0.2) is 49.7 Å². The lowest BCUT2D eigenvalue weighted by atomic mass is 10.1. The van der Waals surface area contributed by atoms with Crippen molar-refractivity contribution >= 4 is 32.5 Å². The predicted octanol–water partition coefficient (Wildman–Crippen LogP) is 6.49. The van der Waals surface area contributed by atoms with E-state index >= 15 is 0 Å². The van der Waals surface area contributed by atoms with E-state index in [1.165, 1.54) is 16.5 Å². The average molecular weight is 520 g/mol. The van der Waals surface area contributed by atoms with E-state index in [0.717, 1.165) is 73.0 Å². The van der Waals surface area contributed by atoms with E-state index in [4.69, 9.17) is 9.47 Å². The first-order chi connectivity index (χ1) is 16.7. The van der Waals surface area contributed by atoms with Crippen molar-refractivity contribution in [2.75, 3.05) is 44.7 Å². The largest absolute Gasteiger partial charge is 0.493 e. The molecule has 0 amide bonds. The molecule has 1 N–H and O–H groups in total. The van der Waals surface area contributed by atoms with Crippen LogP contribution in [0.5, 0.6) is 17.2 Å². The second-order valence-corrected chi connectivity index (χ2v) is 9.48. The molecule has 3 aromatic carbocycles. The van der Waals surface area contributed by atoms with E-state index in [2.05, 4.69) is 67.2 Å². The van der Waals surface area contributed by atoms with Crippen molar-refractivity contribution < 1.29 is 9.47 Å². The lowest BCUT2D eigenvalue weighted by molar-refractivity contribution is 0.254. The van der Waals surface area contributed by atoms with Gasteiger partial charge < -0.3 is 19.4 Å². The minimum atomic E-state index is 0.736. The maximum absolute atomic E-state index is 6.27. The summed E-state index contributed by atoms with van der Waals surface area (Å²) >= 11 is 3.64. The van der Waals surface area contributed by atoms with Crippen LogP contribution in [0.15, 0.2) is 77.4 Å². The fraction of sp³-hybridized carbons (Fsp3) is 0.286. The maximum Gasteiger partial charge on any atom is 0.169 e. The Balaban J connectivity index is 1.17. The van der Waals surface area contributed by atoms with Gasteiger partial charge in [-0.15, -0.1) is 0 Å². The van der Waals surface area contributed by atoms with Gasteiger partial charge >= 0.3 is 0 Å². The summed E-state index contributed by atoms with van der Waals surface area (Å²) in [4.78, 5) is 8.42. The van der Waals surface area contributed by atoms with Crippen LogP contribution in [0.2, 0.25) is 0 Å². The zero-order chi connectivity index (χ0) is 23.3. The fourth-order valence-electron chi connectivity index (χ4n) is 4.71. The number of nitrogens with zero attached hydrogens (tertiary/aromatic N) is 2. The predicted molar refractivity (Wildman–Crippen MR) is 142 cm³/mol. The van der Waals surface area contributed by atoms with E-state index in [9.17, 15) is 0 Å². The first-order valence-electron chi connectivity index (χ1n) is 11.8. The molecule has 0 spiro atoms. The summed E-state index contributed by atoms with van der Waals surface area (Å²) in [6, 6.07) is 22.5. The van der Waals surface area contributed by atoms with Crippen molar-refractivity contribution in [2.24, 2.45) is 0 Å². The number of nitrogens with one attached hydrogen (secondary N) is 1. The normalized spacial score (nSPS) is 14.5. The van der Waals surface area contributed by atoms with Crippen LogP contribution in [0.1, 0.15) is 12.0 Å². The quantitative estimate of drug-likeness (QED) is 0.289. The molecular formula is C28H30BrN3O2. The SMILES string of the molecule is COc1ccccc1Oc1ccccc1N1CCN(CCCc2c[nH]c3c(Br)cccc23)CC1. The Morgan fingerprint density at radius 2 is 1.59 bits per heavy atom. The molecule has 1 aliphatic rings. The van der Waals surface area contributed by atoms with Gasteiger partial charge in [-0.25, -0.2) is 0 Å². The molecule has 0 atom stereocenters. The summed E-state index contributed by atoms with van der Waals surface area (Å²) in [6.45, 7) is 5.22. The fourth-order valence-corrected chi connectivity index (χ4v) is 5.19. The number of rotatable bonds is 8. The van der Waals surface area contributed by atoms with Crippen LogP contribution in [0, 0.1) is 0 Å². The second kappa shape index (κ2) is 10.5. The molecule has 1 saturated heterocycles. The van der Waals surface area contributed by atoms with E-state index in [-0.39, 0.29) is 0 Å². The number of benzene rings is 3. The Bertz CT molecular complexity index is 1250. The topological polar surface area (TPSA) is 40.7 Å². The third-order valence-corrected chi connectivity index (χ3v) is 7.20. The van der Waals surface area contributed by atoms with Gasteiger partial charge in [0.1, 0.15) is 0 Å². The number of fused-ring (bicyclic) bond motifs is 1. The van der Waals surface area contributed by atoms with Gasteiger partial charge in [0.2, 0.25) is 0 Å². The van der Waals surface area contributed by atoms with Crippen LogP contribution in [-0.2, 0) is 6.42 Å². The number of methoxy groups -OCH3 is 1. The Hall–Kier alpha value is -2.96. The Labute approximate surface area is 209 Å². The van der Waals surface area contributed by atoms with Crippen LogP contribution < -0.4 is 14.4 Å². The minimum Gasteiger partial charge on any atom is -0.493 e. The zero-order valence-electron chi connectivity index (χ0n) is 19.5. The first kappa shape index (κ1) is 22.8. The molecule has 5 nitrogen and oxygen atoms in total. The second-order valence-electron chi connectivity index (χ2n) is 8.63. The number of anilines is 1. The standard InChI is InChI=1S/C28H30BrN3O2/c1-33-26-13-4-5-14-27(26)34-25-12-3-2-11-24(25)32-18-16-31(17-19-32)15-7-8-21-20-30-28-22(21)9-6-10-23(28)29/h2-6,9-14,20,30H,7-8,15-19H2,1H3. The van der Waals surface area contributed by atoms with Crippen LogP contribution in [0.3, 0.4) is 0 Å². The van der Waals surface area contributed by atoms with Crippen molar-refractivity contribution in [3.05, 3.63) is 83.0 Å². The third-order valence-electron chi connectivity index (χ3n) is 6.54. The summed E-state index contributed by atoms with van der Waals surface area (Å²) < 4.78 is 12.9. The van der Waals surface area contributed by atoms with E-state index in [1.807, 2.05) is 36.4 Å². The molecule has 34 heavy (non-hydrogen) atoms. The molecule has 4 aromatic rings. The van der Waals surface area contributed by atoms with Crippen molar-refractivity contribution in [1.29, 1.82) is 0 Å². The Kier molecular flexibility index (Phi) is 7.07. The Morgan fingerprint density at radius 3 is 2.38 bits per heavy atom. The molecule has 0 bridgehead atoms. The Morgan fingerprint density at radius 1 is 0.853 bits per heavy atom. The van der Waals surface area contributed by atoms with Crippen LogP contribution >= 0.6 is 15.9 Å². The van der Waals surface area contributed by atoms with E-state index in [1.54, 1.807) is 7.11 Å². The molecule has 0 unspecified atom stereocenters. The van der Waals surface area contributed by atoms with Crippen LogP contribution in [0.4, 0.5) is 5.69 Å². The number of piperazine rings is 1. The summed E-state index contributed by atoms with van der Waals surface area (Å²) in [7, 11) is 1.67. The molecule has 1 aromatic heterocycles. The average Bonchev–Trinajstić information content (AvgIpc) is 3.30. The molecular weight excluding hydrogens is 490 g/mol. The molecule has 6 heteroatoms. The summed E-state index contributed by atoms with van der Waals surface area (Å²) in [5.74, 6) is 2.34. The number of hydrogen-bond acceptors (Lipinski definition) is 4. The number of aryl methyl sites for hydroxylation is 1. The summed E-state index contributed by atoms with van der Waals surface area (Å²) in [5, 5.41) is 1.32. The smallest absolute Gasteiger partial charge is 0.169 e. The van der Waals surface area contributed by atoms with Crippen molar-refractivity contribution in [1.82, 2.24) is 9.88 Å². The van der Waals surface area contributed by atoms with Gasteiger partial charge in [-0.2, -0.15) is 0 Å². The monoisotopic (exact) mass is 519 g/mol. The first-order valence-corrected chi connectivity index (χ1v) is 12.6. The highest BCUT2D eigenvalue weighted by atomic mass is 79.9. The van der Waals surface area contributed by atoms with Gasteiger partial charge in [0.05, 0.1) is 18.3 Å². The van der Waals surface area contributed by atoms with Gasteiger partial charge in [0.25, 0.3) is 0 Å². The number of para-hydroxylation sites is 5. The lowest BCUT2D eigenvalue weighted by Gasteiger charge is -2.36. The molecule has 1 aliphatic heterocycles. The minimum absolute atomic E-state index is 0.736. The van der Waals surface area contributed by atoms with Gasteiger partial charge in [-0.05, 0) is 71.2 Å². The third kappa shape index (κ3) is 4.93. The highest BCUT2D eigenvalue weighted by Crippen LogP contribution is 2.36. The van der Waals surface area contributed by atoms with Crippen molar-refractivity contribution in [3.63, 3.8) is 0 Å². The van der Waals surface area contributed by atoms with Gasteiger partial charge in [0.15, 0.2) is 17.2 Å². The van der Waals surface area contributed by atoms with Crippen molar-refractivity contribution in [2.45, 2.75) is 12.8 Å². The number of halogens is 1. The number of ether oxygens (including phenoxy) is 2. The van der Waals surface area contributed by atoms with Crippen molar-refractivity contribution in [3.8, 4) is 17.2 Å². The van der Waals surface area contributed by atoms with Gasteiger partial charge in [-0.1, -0.05) is 36.4 Å². The number of aromatic amines is 1. The summed E-state index contributed by atoms with van der Waals surface area (Å²) in [6.07, 6.45) is 4.41. The molecule has 0 saturated carbocycles. The molecule has 0 aliphatic carbocycles.